The summed E-state index contributed by atoms with van der Waals surface area (Å²) in [7, 11) is 0. The number of carbonyl (C=O) groups excluding carboxylic acids is 1. The molecule has 7 heteroatoms. The Morgan fingerprint density at radius 2 is 1.76 bits per heavy atom. The fraction of sp³-hybridized carbons (Fsp3) is 0.500. The van der Waals surface area contributed by atoms with E-state index in [1.165, 1.54) is 0 Å². The Hall–Kier alpha value is -1.66. The first kappa shape index (κ1) is 15.7. The smallest absolute Gasteiger partial charge is 0.334 e. The SMILES string of the molecule is O=C(N1CCCC1Cc1ccccc1)C(F)(F)C(F)(F)F. The van der Waals surface area contributed by atoms with Gasteiger partial charge in [0.15, 0.2) is 0 Å². The number of carbonyl (C=O) groups is 1. The first-order valence-corrected chi connectivity index (χ1v) is 6.53. The number of amides is 1. The van der Waals surface area contributed by atoms with Crippen molar-refractivity contribution in [2.45, 2.75) is 37.4 Å². The predicted octanol–water partition coefficient (Wildman–Crippen LogP) is 3.42. The van der Waals surface area contributed by atoms with E-state index >= 15 is 0 Å². The predicted molar refractivity (Wildman–Crippen MR) is 65.9 cm³/mol. The molecule has 1 heterocycles. The number of hydrogen-bond donors (Lipinski definition) is 0. The van der Waals surface area contributed by atoms with E-state index in [1.54, 1.807) is 30.3 Å². The van der Waals surface area contributed by atoms with Crippen molar-refractivity contribution < 1.29 is 26.7 Å². The van der Waals surface area contributed by atoms with Crippen LogP contribution in [0.2, 0.25) is 0 Å². The normalized spacial score (nSPS) is 19.9. The molecule has 1 aliphatic heterocycles. The van der Waals surface area contributed by atoms with Crippen LogP contribution in [0.3, 0.4) is 0 Å². The molecule has 0 saturated carbocycles. The van der Waals surface area contributed by atoms with Crippen molar-refractivity contribution >= 4 is 5.91 Å². The van der Waals surface area contributed by atoms with E-state index in [0.717, 1.165) is 5.56 Å². The van der Waals surface area contributed by atoms with E-state index in [1.807, 2.05) is 0 Å². The Labute approximate surface area is 118 Å². The van der Waals surface area contributed by atoms with E-state index in [4.69, 9.17) is 0 Å². The van der Waals surface area contributed by atoms with E-state index in [-0.39, 0.29) is 13.0 Å². The highest BCUT2D eigenvalue weighted by molar-refractivity contribution is 5.85. The second-order valence-corrected chi connectivity index (χ2v) is 5.06. The number of rotatable bonds is 3. The summed E-state index contributed by atoms with van der Waals surface area (Å²) in [6.07, 6.45) is -4.73. The van der Waals surface area contributed by atoms with Gasteiger partial charge in [0.05, 0.1) is 0 Å². The van der Waals surface area contributed by atoms with Crippen LogP contribution in [0.25, 0.3) is 0 Å². The topological polar surface area (TPSA) is 20.3 Å². The van der Waals surface area contributed by atoms with Crippen molar-refractivity contribution in [2.24, 2.45) is 0 Å². The number of benzene rings is 1. The molecule has 116 valence electrons. The average molecular weight is 307 g/mol. The van der Waals surface area contributed by atoms with Gasteiger partial charge in [-0.2, -0.15) is 22.0 Å². The number of likely N-dealkylation sites (tertiary alicyclic amines) is 1. The third-order valence-corrected chi connectivity index (χ3v) is 3.58. The van der Waals surface area contributed by atoms with Gasteiger partial charge in [-0.3, -0.25) is 4.79 Å². The van der Waals surface area contributed by atoms with Crippen LogP contribution in [-0.4, -0.2) is 35.5 Å². The summed E-state index contributed by atoms with van der Waals surface area (Å²) in [4.78, 5) is 12.2. The minimum absolute atomic E-state index is 0.0675. The van der Waals surface area contributed by atoms with Gasteiger partial charge in [0.25, 0.3) is 0 Å². The van der Waals surface area contributed by atoms with Gasteiger partial charge in [0.2, 0.25) is 0 Å². The molecule has 1 amide bonds. The van der Waals surface area contributed by atoms with Crippen LogP contribution in [0, 0.1) is 0 Å². The van der Waals surface area contributed by atoms with Gasteiger partial charge in [-0.15, -0.1) is 0 Å². The Bertz CT molecular complexity index is 500. The molecule has 1 fully saturated rings. The molecule has 1 unspecified atom stereocenters. The van der Waals surface area contributed by atoms with Crippen molar-refractivity contribution in [2.75, 3.05) is 6.54 Å². The monoisotopic (exact) mass is 307 g/mol. The maximum atomic E-state index is 13.2. The quantitative estimate of drug-likeness (QED) is 0.784. The lowest BCUT2D eigenvalue weighted by Crippen LogP contribution is -2.53. The van der Waals surface area contributed by atoms with E-state index in [9.17, 15) is 26.7 Å². The molecule has 1 aromatic rings. The number of nitrogens with zero attached hydrogens (tertiary/aromatic N) is 1. The van der Waals surface area contributed by atoms with Gasteiger partial charge in [-0.05, 0) is 24.8 Å². The third-order valence-electron chi connectivity index (χ3n) is 3.58. The molecule has 0 bridgehead atoms. The molecular formula is C14H14F5NO. The minimum atomic E-state index is -5.86. The summed E-state index contributed by atoms with van der Waals surface area (Å²) >= 11 is 0. The fourth-order valence-electron chi connectivity index (χ4n) is 2.50. The first-order valence-electron chi connectivity index (χ1n) is 6.53. The molecule has 1 saturated heterocycles. The molecule has 2 nitrogen and oxygen atoms in total. The standard InChI is InChI=1S/C14H14F5NO/c15-13(16,14(17,18)19)12(21)20-8-4-7-11(20)9-10-5-2-1-3-6-10/h1-3,5-6,11H,4,7-9H2. The van der Waals surface area contributed by atoms with Crippen molar-refractivity contribution in [1.82, 2.24) is 4.90 Å². The second-order valence-electron chi connectivity index (χ2n) is 5.06. The van der Waals surface area contributed by atoms with Gasteiger partial charge in [0, 0.05) is 12.6 Å². The summed E-state index contributed by atoms with van der Waals surface area (Å²) in [5, 5.41) is 0. The van der Waals surface area contributed by atoms with Gasteiger partial charge in [-0.1, -0.05) is 30.3 Å². The molecule has 1 aromatic carbocycles. The first-order chi connectivity index (χ1) is 9.73. The highest BCUT2D eigenvalue weighted by atomic mass is 19.4. The van der Waals surface area contributed by atoms with Gasteiger partial charge < -0.3 is 4.90 Å². The van der Waals surface area contributed by atoms with Crippen molar-refractivity contribution in [1.29, 1.82) is 0 Å². The Kier molecular flexibility index (Phi) is 4.20. The molecule has 0 aromatic heterocycles. The molecular weight excluding hydrogens is 293 g/mol. The molecule has 0 spiro atoms. The zero-order chi connectivity index (χ0) is 15.7. The summed E-state index contributed by atoms with van der Waals surface area (Å²) in [5.74, 6) is -7.47. The third kappa shape index (κ3) is 3.16. The highest BCUT2D eigenvalue weighted by Crippen LogP contribution is 2.38. The number of hydrogen-bond acceptors (Lipinski definition) is 1. The molecule has 2 rings (SSSR count). The number of alkyl halides is 5. The van der Waals surface area contributed by atoms with Crippen LogP contribution in [-0.2, 0) is 11.2 Å². The highest BCUT2D eigenvalue weighted by Gasteiger charge is 2.65. The molecule has 0 N–H and O–H groups in total. The van der Waals surface area contributed by atoms with Crippen LogP contribution in [0.4, 0.5) is 22.0 Å². The maximum absolute atomic E-state index is 13.2. The lowest BCUT2D eigenvalue weighted by molar-refractivity contribution is -0.274. The summed E-state index contributed by atoms with van der Waals surface area (Å²) in [6.45, 7) is -0.0675. The lowest BCUT2D eigenvalue weighted by atomic mass is 10.0. The van der Waals surface area contributed by atoms with Crippen LogP contribution in [0.5, 0.6) is 0 Å². The maximum Gasteiger partial charge on any atom is 0.463 e. The Balaban J connectivity index is 2.13. The fourth-order valence-corrected chi connectivity index (χ4v) is 2.50. The van der Waals surface area contributed by atoms with Crippen molar-refractivity contribution in [3.05, 3.63) is 35.9 Å². The summed E-state index contributed by atoms with van der Waals surface area (Å²) in [5.41, 5.74) is 0.803. The minimum Gasteiger partial charge on any atom is -0.334 e. The van der Waals surface area contributed by atoms with Crippen LogP contribution >= 0.6 is 0 Å². The van der Waals surface area contributed by atoms with Gasteiger partial charge in [0.1, 0.15) is 0 Å². The molecule has 0 aliphatic carbocycles. The zero-order valence-electron chi connectivity index (χ0n) is 11.0. The van der Waals surface area contributed by atoms with Gasteiger partial charge >= 0.3 is 18.0 Å². The second kappa shape index (κ2) is 5.61. The van der Waals surface area contributed by atoms with E-state index < -0.39 is 24.0 Å². The molecule has 1 atom stereocenters. The Morgan fingerprint density at radius 1 is 1.14 bits per heavy atom. The van der Waals surface area contributed by atoms with Crippen LogP contribution < -0.4 is 0 Å². The summed E-state index contributed by atoms with van der Waals surface area (Å²) < 4.78 is 63.2. The molecule has 0 radical (unpaired) electrons. The molecule has 21 heavy (non-hydrogen) atoms. The average Bonchev–Trinajstić information content (AvgIpc) is 2.85. The van der Waals surface area contributed by atoms with Crippen molar-refractivity contribution in [3.8, 4) is 0 Å². The van der Waals surface area contributed by atoms with Gasteiger partial charge in [-0.25, -0.2) is 0 Å². The Morgan fingerprint density at radius 3 is 2.33 bits per heavy atom. The lowest BCUT2D eigenvalue weighted by Gasteiger charge is -2.29. The van der Waals surface area contributed by atoms with E-state index in [2.05, 4.69) is 0 Å². The zero-order valence-corrected chi connectivity index (χ0v) is 11.0. The van der Waals surface area contributed by atoms with Crippen LogP contribution in [0.15, 0.2) is 30.3 Å². The number of halogens is 5. The summed E-state index contributed by atoms with van der Waals surface area (Å²) in [6, 6.07) is 8.17. The molecule has 1 aliphatic rings. The van der Waals surface area contributed by atoms with Crippen LogP contribution in [0.1, 0.15) is 18.4 Å². The van der Waals surface area contributed by atoms with Crippen molar-refractivity contribution in [3.63, 3.8) is 0 Å². The largest absolute Gasteiger partial charge is 0.463 e. The van der Waals surface area contributed by atoms with E-state index in [0.29, 0.717) is 17.7 Å².